The Balaban J connectivity index is 1.44. The summed E-state index contributed by atoms with van der Waals surface area (Å²) < 4.78 is 4.97. The van der Waals surface area contributed by atoms with Crippen LogP contribution in [0, 0.1) is 0 Å². The molecule has 0 N–H and O–H groups in total. The highest BCUT2D eigenvalue weighted by molar-refractivity contribution is 7.99. The van der Waals surface area contributed by atoms with E-state index in [-0.39, 0.29) is 5.97 Å². The fourth-order valence-corrected chi connectivity index (χ4v) is 3.97. The number of hydrogen-bond donors (Lipinski definition) is 0. The van der Waals surface area contributed by atoms with Gasteiger partial charge in [-0.1, -0.05) is 87.6 Å². The largest absolute Gasteiger partial charge is 0.463 e. The van der Waals surface area contributed by atoms with Crippen molar-refractivity contribution in [3.63, 3.8) is 0 Å². The van der Waals surface area contributed by atoms with E-state index in [1.165, 1.54) is 66.4 Å². The molecule has 0 aliphatic heterocycles. The third kappa shape index (κ3) is 9.27. The Bertz CT molecular complexity index is 679. The van der Waals surface area contributed by atoms with Crippen LogP contribution in [0.1, 0.15) is 51.4 Å². The maximum Gasteiger partial charge on any atom is 0.330 e. The topological polar surface area (TPSA) is 26.3 Å². The summed E-state index contributed by atoms with van der Waals surface area (Å²) in [5.41, 5.74) is 2.56. The molecule has 0 spiro atoms. The Morgan fingerprint density at radius 3 is 2.00 bits per heavy atom. The molecule has 3 heteroatoms. The second-order valence-electron chi connectivity index (χ2n) is 6.94. The molecule has 0 atom stereocenters. The zero-order valence-corrected chi connectivity index (χ0v) is 17.6. The van der Waals surface area contributed by atoms with E-state index in [1.807, 2.05) is 11.8 Å². The van der Waals surface area contributed by atoms with Crippen LogP contribution < -0.4 is 0 Å². The number of rotatable bonds is 14. The highest BCUT2D eigenvalue weighted by Gasteiger charge is 1.99. The van der Waals surface area contributed by atoms with Crippen LogP contribution in [0.2, 0.25) is 0 Å². The fourth-order valence-electron chi connectivity index (χ4n) is 3.06. The minimum absolute atomic E-state index is 0.315. The number of benzene rings is 2. The lowest BCUT2D eigenvalue weighted by Gasteiger charge is -2.05. The molecular weight excluding hydrogens is 364 g/mol. The standard InChI is InChI=1S/C25H32O2S/c1-2-25(26)27-20-12-7-5-3-4-6-8-13-21-28-24-18-16-23(17-19-24)22-14-10-9-11-15-22/h2,9-11,14-19H,1,3-8,12-13,20-21H2. The van der Waals surface area contributed by atoms with Crippen molar-refractivity contribution in [2.45, 2.75) is 56.3 Å². The van der Waals surface area contributed by atoms with Crippen LogP contribution in [0.3, 0.4) is 0 Å². The SMILES string of the molecule is C=CC(=O)OCCCCCCCCCCSc1ccc(-c2ccccc2)cc1. The molecule has 150 valence electrons. The van der Waals surface area contributed by atoms with Crippen molar-refractivity contribution in [3.05, 3.63) is 67.3 Å². The highest BCUT2D eigenvalue weighted by atomic mass is 32.2. The molecule has 0 heterocycles. The molecule has 0 aliphatic rings. The molecule has 2 aromatic rings. The Morgan fingerprint density at radius 2 is 1.36 bits per heavy atom. The van der Waals surface area contributed by atoms with Crippen LogP contribution in [-0.2, 0) is 9.53 Å². The van der Waals surface area contributed by atoms with Gasteiger partial charge in [0, 0.05) is 11.0 Å². The Morgan fingerprint density at radius 1 is 0.786 bits per heavy atom. The number of thioether (sulfide) groups is 1. The first kappa shape index (κ1) is 22.3. The van der Waals surface area contributed by atoms with Gasteiger partial charge in [0.25, 0.3) is 0 Å². The molecule has 0 unspecified atom stereocenters. The van der Waals surface area contributed by atoms with Crippen molar-refractivity contribution in [3.8, 4) is 11.1 Å². The van der Waals surface area contributed by atoms with Crippen LogP contribution in [0.15, 0.2) is 72.1 Å². The summed E-state index contributed by atoms with van der Waals surface area (Å²) in [7, 11) is 0. The quantitative estimate of drug-likeness (QED) is 0.145. The van der Waals surface area contributed by atoms with Gasteiger partial charge >= 0.3 is 5.97 Å². The molecule has 2 rings (SSSR count). The molecule has 0 fully saturated rings. The Labute approximate surface area is 174 Å². The van der Waals surface area contributed by atoms with Gasteiger partial charge in [0.05, 0.1) is 6.61 Å². The molecule has 0 saturated heterocycles. The van der Waals surface area contributed by atoms with Gasteiger partial charge in [0.15, 0.2) is 0 Å². The summed E-state index contributed by atoms with van der Waals surface area (Å²) in [6, 6.07) is 19.4. The van der Waals surface area contributed by atoms with Crippen LogP contribution in [0.25, 0.3) is 11.1 Å². The van der Waals surface area contributed by atoms with E-state index in [4.69, 9.17) is 4.74 Å². The Kier molecular flexibility index (Phi) is 11.2. The van der Waals surface area contributed by atoms with E-state index in [0.29, 0.717) is 6.61 Å². The van der Waals surface area contributed by atoms with E-state index >= 15 is 0 Å². The number of esters is 1. The average molecular weight is 397 g/mol. The summed E-state index contributed by atoms with van der Waals surface area (Å²) in [6.07, 6.45) is 11.0. The molecule has 2 aromatic carbocycles. The van der Waals surface area contributed by atoms with Gasteiger partial charge in [-0.15, -0.1) is 11.8 Å². The van der Waals surface area contributed by atoms with E-state index in [2.05, 4.69) is 61.2 Å². The number of carbonyl (C=O) groups excluding carboxylic acids is 1. The molecule has 0 aliphatic carbocycles. The summed E-state index contributed by atoms with van der Waals surface area (Å²) >= 11 is 1.96. The Hall–Kier alpha value is -2.00. The second kappa shape index (κ2) is 14.1. The summed E-state index contributed by atoms with van der Waals surface area (Å²) in [5, 5.41) is 0. The van der Waals surface area contributed by atoms with E-state index in [9.17, 15) is 4.79 Å². The first-order valence-corrected chi connectivity index (χ1v) is 11.4. The second-order valence-corrected chi connectivity index (χ2v) is 8.11. The molecule has 2 nitrogen and oxygen atoms in total. The van der Waals surface area contributed by atoms with Gasteiger partial charge in [0.1, 0.15) is 0 Å². The molecule has 28 heavy (non-hydrogen) atoms. The maximum atomic E-state index is 10.9. The van der Waals surface area contributed by atoms with Crippen LogP contribution in [-0.4, -0.2) is 18.3 Å². The molecule has 0 radical (unpaired) electrons. The van der Waals surface area contributed by atoms with Gasteiger partial charge in [0.2, 0.25) is 0 Å². The smallest absolute Gasteiger partial charge is 0.330 e. The third-order valence-corrected chi connectivity index (χ3v) is 5.78. The zero-order chi connectivity index (χ0) is 19.9. The zero-order valence-electron chi connectivity index (χ0n) is 16.8. The number of carbonyl (C=O) groups is 1. The lowest BCUT2D eigenvalue weighted by molar-refractivity contribution is -0.137. The van der Waals surface area contributed by atoms with E-state index in [0.717, 1.165) is 12.8 Å². The van der Waals surface area contributed by atoms with Gasteiger partial charge < -0.3 is 4.74 Å². The number of unbranched alkanes of at least 4 members (excludes halogenated alkanes) is 7. The van der Waals surface area contributed by atoms with Crippen LogP contribution in [0.4, 0.5) is 0 Å². The highest BCUT2D eigenvalue weighted by Crippen LogP contribution is 2.25. The molecular formula is C25H32O2S. The minimum atomic E-state index is -0.315. The average Bonchev–Trinajstić information content (AvgIpc) is 2.75. The number of ether oxygens (including phenoxy) is 1. The predicted molar refractivity (Wildman–Crippen MR) is 121 cm³/mol. The van der Waals surface area contributed by atoms with Crippen molar-refractivity contribution in [2.75, 3.05) is 12.4 Å². The normalized spacial score (nSPS) is 10.6. The van der Waals surface area contributed by atoms with Gasteiger partial charge in [-0.2, -0.15) is 0 Å². The molecule has 0 amide bonds. The monoisotopic (exact) mass is 396 g/mol. The van der Waals surface area contributed by atoms with Crippen molar-refractivity contribution >= 4 is 17.7 Å². The van der Waals surface area contributed by atoms with Crippen molar-refractivity contribution in [1.29, 1.82) is 0 Å². The van der Waals surface area contributed by atoms with Crippen molar-refractivity contribution in [1.82, 2.24) is 0 Å². The first-order chi connectivity index (χ1) is 13.8. The fraction of sp³-hybridized carbons (Fsp3) is 0.400. The summed E-state index contributed by atoms with van der Waals surface area (Å²) in [4.78, 5) is 12.3. The summed E-state index contributed by atoms with van der Waals surface area (Å²) in [6.45, 7) is 3.91. The van der Waals surface area contributed by atoms with Gasteiger partial charge in [-0.25, -0.2) is 4.79 Å². The van der Waals surface area contributed by atoms with E-state index in [1.54, 1.807) is 0 Å². The van der Waals surface area contributed by atoms with Crippen molar-refractivity contribution in [2.24, 2.45) is 0 Å². The van der Waals surface area contributed by atoms with Gasteiger partial charge in [-0.3, -0.25) is 0 Å². The minimum Gasteiger partial charge on any atom is -0.463 e. The van der Waals surface area contributed by atoms with Crippen LogP contribution >= 0.6 is 11.8 Å². The molecule has 0 saturated carbocycles. The molecule has 0 aromatic heterocycles. The first-order valence-electron chi connectivity index (χ1n) is 10.4. The van der Waals surface area contributed by atoms with Gasteiger partial charge in [-0.05, 0) is 41.9 Å². The predicted octanol–water partition coefficient (Wildman–Crippen LogP) is 7.30. The lowest BCUT2D eigenvalue weighted by atomic mass is 10.1. The lowest BCUT2D eigenvalue weighted by Crippen LogP contribution is -2.01. The number of hydrogen-bond acceptors (Lipinski definition) is 3. The van der Waals surface area contributed by atoms with E-state index < -0.39 is 0 Å². The third-order valence-electron chi connectivity index (χ3n) is 4.68. The maximum absolute atomic E-state index is 10.9. The van der Waals surface area contributed by atoms with Crippen molar-refractivity contribution < 1.29 is 9.53 Å². The van der Waals surface area contributed by atoms with Crippen LogP contribution in [0.5, 0.6) is 0 Å². The molecule has 0 bridgehead atoms. The summed E-state index contributed by atoms with van der Waals surface area (Å²) in [5.74, 6) is 0.879.